The number of nitrogens with zero attached hydrogens (tertiary/aromatic N) is 2. The van der Waals surface area contributed by atoms with Gasteiger partial charge in [0.05, 0.1) is 6.04 Å². The van der Waals surface area contributed by atoms with Crippen LogP contribution in [0.5, 0.6) is 5.75 Å². The number of nitrogens with two attached hydrogens (primary N) is 1. The van der Waals surface area contributed by atoms with Crippen LogP contribution in [0, 0.1) is 0 Å². The van der Waals surface area contributed by atoms with Gasteiger partial charge in [0.15, 0.2) is 11.0 Å². The Morgan fingerprint density at radius 1 is 1.29 bits per heavy atom. The van der Waals surface area contributed by atoms with Crippen LogP contribution in [-0.4, -0.2) is 27.0 Å². The minimum absolute atomic E-state index is 0.0501. The fraction of sp³-hybridized carbons (Fsp3) is 0.154. The van der Waals surface area contributed by atoms with Crippen LogP contribution in [0.1, 0.15) is 5.56 Å². The lowest BCUT2D eigenvalue weighted by molar-refractivity contribution is -0.117. The number of carbonyl (C=O) groups excluding carboxylic acids is 1. The van der Waals surface area contributed by atoms with E-state index in [1.54, 1.807) is 12.1 Å². The van der Waals surface area contributed by atoms with E-state index in [0.29, 0.717) is 6.42 Å². The summed E-state index contributed by atoms with van der Waals surface area (Å²) in [5.41, 5.74) is 6.65. The average molecular weight is 327 g/mol. The highest BCUT2D eigenvalue weighted by Crippen LogP contribution is 2.25. The van der Waals surface area contributed by atoms with Gasteiger partial charge in [-0.05, 0) is 24.1 Å². The molecular weight excluding hydrogens is 315 g/mol. The summed E-state index contributed by atoms with van der Waals surface area (Å²) in [6.07, 6.45) is 1.50. The molecule has 0 radical (unpaired) electrons. The molecule has 0 saturated carbocycles. The number of hydrogen-bond acceptors (Lipinski definition) is 5. The molecule has 0 aliphatic rings. The maximum Gasteiger partial charge on any atom is 0.242 e. The third-order valence-corrected chi connectivity index (χ3v) is 3.46. The first-order valence-corrected chi connectivity index (χ1v) is 6.73. The van der Waals surface area contributed by atoms with Gasteiger partial charge in [-0.3, -0.25) is 4.79 Å². The van der Waals surface area contributed by atoms with E-state index in [-0.39, 0.29) is 21.7 Å². The van der Waals surface area contributed by atoms with E-state index < -0.39 is 11.9 Å². The van der Waals surface area contributed by atoms with Gasteiger partial charge in [0.25, 0.3) is 0 Å². The van der Waals surface area contributed by atoms with Crippen LogP contribution in [0.4, 0.5) is 5.82 Å². The predicted molar refractivity (Wildman–Crippen MR) is 80.5 cm³/mol. The van der Waals surface area contributed by atoms with Crippen LogP contribution in [0.15, 0.2) is 30.6 Å². The van der Waals surface area contributed by atoms with E-state index in [1.807, 2.05) is 0 Å². The fourth-order valence-corrected chi connectivity index (χ4v) is 1.90. The number of aromatic nitrogens is 2. The highest BCUT2D eigenvalue weighted by Gasteiger charge is 2.17. The summed E-state index contributed by atoms with van der Waals surface area (Å²) in [4.78, 5) is 19.5. The Kier molecular flexibility index (Phi) is 4.95. The summed E-state index contributed by atoms with van der Waals surface area (Å²) < 4.78 is 0. The molecular formula is C13H12Cl2N4O2. The van der Waals surface area contributed by atoms with Crippen LogP contribution in [0.2, 0.25) is 10.2 Å². The SMILES string of the molecule is N[C@H](Cc1ccc(O)cc1)C(=O)Nc1ncnc(Cl)c1Cl. The molecule has 0 saturated heterocycles. The van der Waals surface area contributed by atoms with E-state index in [4.69, 9.17) is 28.9 Å². The van der Waals surface area contributed by atoms with Gasteiger partial charge >= 0.3 is 0 Å². The predicted octanol–water partition coefficient (Wildman–Crippen LogP) is 2.00. The molecule has 8 heteroatoms. The lowest BCUT2D eigenvalue weighted by Gasteiger charge is -2.12. The molecule has 21 heavy (non-hydrogen) atoms. The lowest BCUT2D eigenvalue weighted by atomic mass is 10.1. The van der Waals surface area contributed by atoms with Crippen molar-refractivity contribution >= 4 is 34.9 Å². The Hall–Kier alpha value is -1.89. The van der Waals surface area contributed by atoms with E-state index in [2.05, 4.69) is 15.3 Å². The topological polar surface area (TPSA) is 101 Å². The molecule has 0 aliphatic carbocycles. The van der Waals surface area contributed by atoms with Crippen molar-refractivity contribution in [2.24, 2.45) is 5.73 Å². The Labute approximate surface area is 130 Å². The second-order valence-corrected chi connectivity index (χ2v) is 5.03. The second-order valence-electron chi connectivity index (χ2n) is 4.29. The van der Waals surface area contributed by atoms with Crippen molar-refractivity contribution in [2.45, 2.75) is 12.5 Å². The molecule has 0 spiro atoms. The summed E-state index contributed by atoms with van der Waals surface area (Å²) in [6.45, 7) is 0. The van der Waals surface area contributed by atoms with Crippen molar-refractivity contribution in [3.05, 3.63) is 46.3 Å². The Morgan fingerprint density at radius 3 is 2.62 bits per heavy atom. The molecule has 0 bridgehead atoms. The van der Waals surface area contributed by atoms with Crippen LogP contribution < -0.4 is 11.1 Å². The molecule has 1 amide bonds. The van der Waals surface area contributed by atoms with Crippen molar-refractivity contribution in [3.8, 4) is 5.75 Å². The molecule has 1 aromatic carbocycles. The molecule has 2 aromatic rings. The van der Waals surface area contributed by atoms with Gasteiger partial charge in [-0.15, -0.1) is 0 Å². The summed E-state index contributed by atoms with van der Waals surface area (Å²) in [5, 5.41) is 11.8. The normalized spacial score (nSPS) is 12.0. The summed E-state index contributed by atoms with van der Waals surface area (Å²) in [6, 6.07) is 5.65. The monoisotopic (exact) mass is 326 g/mol. The highest BCUT2D eigenvalue weighted by molar-refractivity contribution is 6.42. The Bertz CT molecular complexity index is 649. The zero-order chi connectivity index (χ0) is 15.4. The third kappa shape index (κ3) is 4.04. The van der Waals surface area contributed by atoms with E-state index >= 15 is 0 Å². The summed E-state index contributed by atoms with van der Waals surface area (Å²) in [5.74, 6) is -0.179. The van der Waals surface area contributed by atoms with Crippen molar-refractivity contribution < 1.29 is 9.90 Å². The third-order valence-electron chi connectivity index (χ3n) is 2.72. The Balaban J connectivity index is 2.02. The fourth-order valence-electron chi connectivity index (χ4n) is 1.62. The molecule has 110 valence electrons. The Morgan fingerprint density at radius 2 is 1.95 bits per heavy atom. The van der Waals surface area contributed by atoms with Gasteiger partial charge in [-0.2, -0.15) is 0 Å². The number of phenols is 1. The van der Waals surface area contributed by atoms with Crippen LogP contribution in [-0.2, 0) is 11.2 Å². The zero-order valence-electron chi connectivity index (χ0n) is 10.8. The van der Waals surface area contributed by atoms with Gasteiger partial charge < -0.3 is 16.2 Å². The number of anilines is 1. The van der Waals surface area contributed by atoms with E-state index in [1.165, 1.54) is 18.5 Å². The van der Waals surface area contributed by atoms with Gasteiger partial charge in [0.1, 0.15) is 17.1 Å². The van der Waals surface area contributed by atoms with Crippen molar-refractivity contribution in [1.82, 2.24) is 9.97 Å². The van der Waals surface area contributed by atoms with Gasteiger partial charge in [0.2, 0.25) is 5.91 Å². The summed E-state index contributed by atoms with van der Waals surface area (Å²) >= 11 is 11.6. The molecule has 1 heterocycles. The van der Waals surface area contributed by atoms with E-state index in [9.17, 15) is 9.90 Å². The highest BCUT2D eigenvalue weighted by atomic mass is 35.5. The molecule has 1 atom stereocenters. The van der Waals surface area contributed by atoms with Crippen molar-refractivity contribution in [2.75, 3.05) is 5.32 Å². The number of amides is 1. The molecule has 2 rings (SSSR count). The molecule has 6 nitrogen and oxygen atoms in total. The first kappa shape index (κ1) is 15.5. The number of benzene rings is 1. The first-order chi connectivity index (χ1) is 9.97. The average Bonchev–Trinajstić information content (AvgIpc) is 2.46. The van der Waals surface area contributed by atoms with Crippen LogP contribution in [0.25, 0.3) is 0 Å². The van der Waals surface area contributed by atoms with Gasteiger partial charge in [-0.25, -0.2) is 9.97 Å². The second kappa shape index (κ2) is 6.71. The minimum Gasteiger partial charge on any atom is -0.508 e. The maximum atomic E-state index is 12.0. The molecule has 1 aromatic heterocycles. The molecule has 0 unspecified atom stereocenters. The van der Waals surface area contributed by atoms with Gasteiger partial charge in [0, 0.05) is 0 Å². The number of phenolic OH excluding ortho intramolecular Hbond substituents is 1. The molecule has 0 aliphatic heterocycles. The van der Waals surface area contributed by atoms with Crippen LogP contribution >= 0.6 is 23.2 Å². The number of rotatable bonds is 4. The molecule has 4 N–H and O–H groups in total. The maximum absolute atomic E-state index is 12.0. The number of hydrogen-bond donors (Lipinski definition) is 3. The number of nitrogens with one attached hydrogen (secondary N) is 1. The summed E-state index contributed by atoms with van der Waals surface area (Å²) in [7, 11) is 0. The largest absolute Gasteiger partial charge is 0.508 e. The quantitative estimate of drug-likeness (QED) is 0.746. The number of halogens is 2. The standard InChI is InChI=1S/C13H12Cl2N4O2/c14-10-11(15)17-6-18-12(10)19-13(21)9(16)5-7-1-3-8(20)4-2-7/h1-4,6,9,20H,5,16H2,(H,17,18,19,21)/t9-/m1/s1. The molecule has 0 fully saturated rings. The minimum atomic E-state index is -0.792. The van der Waals surface area contributed by atoms with Crippen LogP contribution in [0.3, 0.4) is 0 Å². The lowest BCUT2D eigenvalue weighted by Crippen LogP contribution is -2.37. The van der Waals surface area contributed by atoms with Crippen molar-refractivity contribution in [1.29, 1.82) is 0 Å². The van der Waals surface area contributed by atoms with E-state index in [0.717, 1.165) is 5.56 Å². The zero-order valence-corrected chi connectivity index (χ0v) is 12.3. The number of aromatic hydroxyl groups is 1. The number of carbonyl (C=O) groups is 1. The van der Waals surface area contributed by atoms with Gasteiger partial charge in [-0.1, -0.05) is 35.3 Å². The van der Waals surface area contributed by atoms with Crippen molar-refractivity contribution in [3.63, 3.8) is 0 Å². The smallest absolute Gasteiger partial charge is 0.242 e. The first-order valence-electron chi connectivity index (χ1n) is 5.97.